The van der Waals surface area contributed by atoms with Gasteiger partial charge in [-0.1, -0.05) is 6.07 Å². The van der Waals surface area contributed by atoms with Crippen LogP contribution in [0.2, 0.25) is 0 Å². The van der Waals surface area contributed by atoms with Crippen LogP contribution in [0.3, 0.4) is 0 Å². The number of likely N-dealkylation sites (tertiary alicyclic amines) is 3. The number of carbonyl (C=O) groups excluding carboxylic acids is 1. The molecule has 5 nitrogen and oxygen atoms in total. The van der Waals surface area contributed by atoms with Gasteiger partial charge in [0.1, 0.15) is 11.9 Å². The summed E-state index contributed by atoms with van der Waals surface area (Å²) in [5.41, 5.74) is 0.762. The second kappa shape index (κ2) is 8.61. The Balaban J connectivity index is 1.29. The molecule has 0 unspecified atom stereocenters. The fraction of sp³-hybridized carbons (Fsp3) is 0.682. The third-order valence-electron chi connectivity index (χ3n) is 6.46. The summed E-state index contributed by atoms with van der Waals surface area (Å²) in [6.45, 7) is 6.48. The van der Waals surface area contributed by atoms with E-state index in [0.717, 1.165) is 69.2 Å². The van der Waals surface area contributed by atoms with Gasteiger partial charge < -0.3 is 19.4 Å². The van der Waals surface area contributed by atoms with Crippen LogP contribution in [-0.2, 0) is 0 Å². The number of nitrogens with zero attached hydrogens (tertiary/aromatic N) is 3. The molecule has 0 N–H and O–H groups in total. The first-order valence-corrected chi connectivity index (χ1v) is 10.7. The zero-order valence-corrected chi connectivity index (χ0v) is 16.6. The van der Waals surface area contributed by atoms with E-state index in [1.807, 2.05) is 29.2 Å². The summed E-state index contributed by atoms with van der Waals surface area (Å²) in [5, 5.41) is 0. The van der Waals surface area contributed by atoms with Crippen molar-refractivity contribution >= 4 is 5.91 Å². The molecule has 0 aliphatic carbocycles. The van der Waals surface area contributed by atoms with Gasteiger partial charge in [0.05, 0.1) is 0 Å². The predicted molar refractivity (Wildman–Crippen MR) is 107 cm³/mol. The number of carbonyl (C=O) groups is 1. The Bertz CT molecular complexity index is 628. The summed E-state index contributed by atoms with van der Waals surface area (Å²) in [7, 11) is 2.22. The molecule has 0 atom stereocenters. The minimum Gasteiger partial charge on any atom is -0.490 e. The lowest BCUT2D eigenvalue weighted by Gasteiger charge is -2.41. The fourth-order valence-corrected chi connectivity index (χ4v) is 4.72. The average Bonchev–Trinajstić information content (AvgIpc) is 3.24. The van der Waals surface area contributed by atoms with Crippen molar-refractivity contribution in [3.8, 4) is 5.75 Å². The molecule has 27 heavy (non-hydrogen) atoms. The lowest BCUT2D eigenvalue weighted by Crippen LogP contribution is -2.48. The molecule has 148 valence electrons. The first-order valence-electron chi connectivity index (χ1n) is 10.7. The van der Waals surface area contributed by atoms with Gasteiger partial charge in [-0.3, -0.25) is 4.79 Å². The maximum absolute atomic E-state index is 12.6. The third kappa shape index (κ3) is 4.64. The number of piperidine rings is 2. The highest BCUT2D eigenvalue weighted by molar-refractivity contribution is 5.94. The van der Waals surface area contributed by atoms with Gasteiger partial charge in [0.25, 0.3) is 5.91 Å². The van der Waals surface area contributed by atoms with Crippen LogP contribution in [0.15, 0.2) is 24.3 Å². The van der Waals surface area contributed by atoms with E-state index in [4.69, 9.17) is 4.74 Å². The third-order valence-corrected chi connectivity index (χ3v) is 6.46. The molecule has 0 spiro atoms. The zero-order valence-electron chi connectivity index (χ0n) is 16.6. The first-order chi connectivity index (χ1) is 13.2. The highest BCUT2D eigenvalue weighted by atomic mass is 16.5. The van der Waals surface area contributed by atoms with Gasteiger partial charge in [0.15, 0.2) is 0 Å². The summed E-state index contributed by atoms with van der Waals surface area (Å²) in [4.78, 5) is 19.7. The Morgan fingerprint density at radius 2 is 1.67 bits per heavy atom. The van der Waals surface area contributed by atoms with Gasteiger partial charge >= 0.3 is 0 Å². The molecule has 0 aromatic heterocycles. The quantitative estimate of drug-likeness (QED) is 0.815. The summed E-state index contributed by atoms with van der Waals surface area (Å²) in [6.07, 6.45) is 7.26. The molecular formula is C22H33N3O2. The van der Waals surface area contributed by atoms with Crippen molar-refractivity contribution in [1.82, 2.24) is 14.7 Å². The fourth-order valence-electron chi connectivity index (χ4n) is 4.72. The van der Waals surface area contributed by atoms with Crippen molar-refractivity contribution in [2.24, 2.45) is 0 Å². The molecule has 1 aromatic rings. The molecule has 0 bridgehead atoms. The number of hydrogen-bond donors (Lipinski definition) is 0. The van der Waals surface area contributed by atoms with E-state index in [1.54, 1.807) is 0 Å². The summed E-state index contributed by atoms with van der Waals surface area (Å²) < 4.78 is 6.26. The highest BCUT2D eigenvalue weighted by Crippen LogP contribution is 2.25. The van der Waals surface area contributed by atoms with Crippen LogP contribution in [0, 0.1) is 0 Å². The van der Waals surface area contributed by atoms with E-state index in [1.165, 1.54) is 25.9 Å². The Morgan fingerprint density at radius 1 is 0.963 bits per heavy atom. The second-order valence-corrected chi connectivity index (χ2v) is 8.41. The van der Waals surface area contributed by atoms with Crippen LogP contribution in [0.4, 0.5) is 0 Å². The van der Waals surface area contributed by atoms with Gasteiger partial charge in [-0.15, -0.1) is 0 Å². The van der Waals surface area contributed by atoms with Gasteiger partial charge in [0, 0.05) is 37.8 Å². The van der Waals surface area contributed by atoms with E-state index in [0.29, 0.717) is 0 Å². The maximum atomic E-state index is 12.6. The van der Waals surface area contributed by atoms with Crippen LogP contribution in [0.1, 0.15) is 48.9 Å². The van der Waals surface area contributed by atoms with Crippen LogP contribution in [0.25, 0.3) is 0 Å². The molecule has 1 amide bonds. The molecule has 4 rings (SSSR count). The number of benzene rings is 1. The predicted octanol–water partition coefficient (Wildman–Crippen LogP) is 2.86. The molecule has 3 aliphatic rings. The molecule has 3 heterocycles. The van der Waals surface area contributed by atoms with Crippen molar-refractivity contribution in [1.29, 1.82) is 0 Å². The topological polar surface area (TPSA) is 36.0 Å². The molecule has 1 aromatic carbocycles. The van der Waals surface area contributed by atoms with Crippen molar-refractivity contribution in [3.05, 3.63) is 29.8 Å². The summed E-state index contributed by atoms with van der Waals surface area (Å²) in [5.74, 6) is 0.993. The second-order valence-electron chi connectivity index (χ2n) is 8.41. The van der Waals surface area contributed by atoms with Gasteiger partial charge in [0.2, 0.25) is 0 Å². The van der Waals surface area contributed by atoms with Crippen molar-refractivity contribution in [2.45, 2.75) is 50.7 Å². The Kier molecular flexibility index (Phi) is 5.98. The van der Waals surface area contributed by atoms with Gasteiger partial charge in [-0.05, 0) is 76.9 Å². The smallest absolute Gasteiger partial charge is 0.253 e. The van der Waals surface area contributed by atoms with Crippen LogP contribution in [-0.4, -0.2) is 79.1 Å². The molecule has 3 aliphatic heterocycles. The molecule has 0 radical (unpaired) electrons. The molecule has 0 saturated carbocycles. The van der Waals surface area contributed by atoms with Crippen molar-refractivity contribution in [2.75, 3.05) is 46.3 Å². The van der Waals surface area contributed by atoms with Gasteiger partial charge in [-0.25, -0.2) is 0 Å². The molecular weight excluding hydrogens is 338 g/mol. The lowest BCUT2D eigenvalue weighted by molar-refractivity contribution is 0.0524. The molecule has 3 saturated heterocycles. The SMILES string of the molecule is CN1CCC(N2CCC(Oc3cccc(C(=O)N4CCCC4)c3)CC2)CC1. The standard InChI is InChI=1S/C22H33N3O2/c1-23-13-7-19(8-14-23)24-15-9-20(10-16-24)27-21-6-4-5-18(17-21)22(26)25-11-2-3-12-25/h4-6,17,19-20H,2-3,7-16H2,1H3. The lowest BCUT2D eigenvalue weighted by atomic mass is 9.99. The van der Waals surface area contributed by atoms with Crippen LogP contribution in [0.5, 0.6) is 5.75 Å². The maximum Gasteiger partial charge on any atom is 0.253 e. The number of hydrogen-bond acceptors (Lipinski definition) is 4. The molecule has 5 heteroatoms. The number of amides is 1. The Morgan fingerprint density at radius 3 is 2.37 bits per heavy atom. The zero-order chi connectivity index (χ0) is 18.6. The van der Waals surface area contributed by atoms with E-state index >= 15 is 0 Å². The minimum atomic E-state index is 0.148. The minimum absolute atomic E-state index is 0.148. The average molecular weight is 372 g/mol. The van der Waals surface area contributed by atoms with E-state index in [2.05, 4.69) is 16.8 Å². The van der Waals surface area contributed by atoms with Crippen LogP contribution >= 0.6 is 0 Å². The first kappa shape index (κ1) is 18.8. The molecule has 3 fully saturated rings. The largest absolute Gasteiger partial charge is 0.490 e. The summed E-state index contributed by atoms with van der Waals surface area (Å²) in [6, 6.07) is 8.54. The highest BCUT2D eigenvalue weighted by Gasteiger charge is 2.28. The van der Waals surface area contributed by atoms with E-state index < -0.39 is 0 Å². The van der Waals surface area contributed by atoms with E-state index in [-0.39, 0.29) is 12.0 Å². The monoisotopic (exact) mass is 371 g/mol. The van der Waals surface area contributed by atoms with Crippen molar-refractivity contribution < 1.29 is 9.53 Å². The van der Waals surface area contributed by atoms with Gasteiger partial charge in [-0.2, -0.15) is 0 Å². The number of ether oxygens (including phenoxy) is 1. The van der Waals surface area contributed by atoms with Crippen LogP contribution < -0.4 is 4.74 Å². The Labute approximate surface area is 163 Å². The number of rotatable bonds is 4. The van der Waals surface area contributed by atoms with E-state index in [9.17, 15) is 4.79 Å². The summed E-state index contributed by atoms with van der Waals surface area (Å²) >= 11 is 0. The normalized spacial score (nSPS) is 23.7. The Hall–Kier alpha value is -1.59. The van der Waals surface area contributed by atoms with Crippen molar-refractivity contribution in [3.63, 3.8) is 0 Å².